The molecule has 0 spiro atoms. The lowest BCUT2D eigenvalue weighted by atomic mass is 10.2. The van der Waals surface area contributed by atoms with Crippen molar-refractivity contribution in [3.05, 3.63) is 22.8 Å². The number of aliphatic carboxylic acids is 2. The number of hydrogen-bond donors (Lipinski definition) is 2. The summed E-state index contributed by atoms with van der Waals surface area (Å²) in [6.45, 7) is 0. The normalized spacial score (nSPS) is 10.1. The molecule has 86 valence electrons. The quantitative estimate of drug-likeness (QED) is 0.617. The number of carboxylic acids is 2. The highest BCUT2D eigenvalue weighted by atomic mass is 35.5. The number of pyridine rings is 1. The third-order valence-corrected chi connectivity index (χ3v) is 2.62. The van der Waals surface area contributed by atoms with Crippen LogP contribution in [0.1, 0.15) is 5.56 Å². The van der Waals surface area contributed by atoms with Crippen molar-refractivity contribution in [2.75, 3.05) is 5.75 Å². The first-order valence-electron chi connectivity index (χ1n) is 4.20. The van der Waals surface area contributed by atoms with Gasteiger partial charge in [-0.05, 0) is 17.7 Å². The van der Waals surface area contributed by atoms with Gasteiger partial charge in [0.1, 0.15) is 5.15 Å². The van der Waals surface area contributed by atoms with Crippen molar-refractivity contribution in [1.82, 2.24) is 4.98 Å². The molecule has 0 aromatic carbocycles. The second-order valence-electron chi connectivity index (χ2n) is 2.89. The van der Waals surface area contributed by atoms with Crippen molar-refractivity contribution in [2.24, 2.45) is 0 Å². The van der Waals surface area contributed by atoms with E-state index >= 15 is 0 Å². The van der Waals surface area contributed by atoms with Crippen LogP contribution in [0.4, 0.5) is 0 Å². The lowest BCUT2D eigenvalue weighted by Gasteiger charge is -2.02. The fraction of sp³-hybridized carbons (Fsp3) is 0.222. The van der Waals surface area contributed by atoms with Gasteiger partial charge in [0.15, 0.2) is 0 Å². The molecule has 5 nitrogen and oxygen atoms in total. The maximum atomic E-state index is 10.5. The number of hydrogen-bond acceptors (Lipinski definition) is 4. The molecule has 0 saturated carbocycles. The third kappa shape index (κ3) is 4.50. The fourth-order valence-corrected chi connectivity index (χ4v) is 1.96. The second-order valence-corrected chi connectivity index (χ2v) is 4.27. The van der Waals surface area contributed by atoms with Crippen LogP contribution < -0.4 is 0 Å². The zero-order valence-corrected chi connectivity index (χ0v) is 9.59. The molecule has 1 heterocycles. The predicted octanol–water partition coefficient (Wildman–Crippen LogP) is 1.54. The van der Waals surface area contributed by atoms with Crippen molar-refractivity contribution in [1.29, 1.82) is 0 Å². The van der Waals surface area contributed by atoms with Crippen LogP contribution in [0.2, 0.25) is 5.15 Å². The van der Waals surface area contributed by atoms with Gasteiger partial charge in [-0.15, -0.1) is 0 Å². The van der Waals surface area contributed by atoms with Gasteiger partial charge in [-0.25, -0.2) is 4.98 Å². The van der Waals surface area contributed by atoms with E-state index in [2.05, 4.69) is 4.98 Å². The lowest BCUT2D eigenvalue weighted by molar-refractivity contribution is -0.136. The van der Waals surface area contributed by atoms with Gasteiger partial charge in [0.2, 0.25) is 0 Å². The summed E-state index contributed by atoms with van der Waals surface area (Å²) in [4.78, 5) is 24.7. The van der Waals surface area contributed by atoms with Gasteiger partial charge in [-0.3, -0.25) is 9.59 Å². The van der Waals surface area contributed by atoms with E-state index in [4.69, 9.17) is 21.8 Å². The van der Waals surface area contributed by atoms with Gasteiger partial charge >= 0.3 is 11.9 Å². The molecule has 2 N–H and O–H groups in total. The summed E-state index contributed by atoms with van der Waals surface area (Å²) in [5, 5.41) is 17.7. The van der Waals surface area contributed by atoms with Crippen molar-refractivity contribution < 1.29 is 19.8 Å². The van der Waals surface area contributed by atoms with E-state index in [0.29, 0.717) is 10.6 Å². The summed E-state index contributed by atoms with van der Waals surface area (Å²) >= 11 is 6.68. The van der Waals surface area contributed by atoms with Crippen LogP contribution in [0.5, 0.6) is 0 Å². The molecular weight excluding hydrogens is 254 g/mol. The zero-order chi connectivity index (χ0) is 12.1. The molecule has 1 rings (SSSR count). The molecule has 0 unspecified atom stereocenters. The topological polar surface area (TPSA) is 87.5 Å². The predicted molar refractivity (Wildman–Crippen MR) is 58.9 cm³/mol. The van der Waals surface area contributed by atoms with Crippen LogP contribution in [-0.4, -0.2) is 32.9 Å². The summed E-state index contributed by atoms with van der Waals surface area (Å²) in [7, 11) is 0. The highest BCUT2D eigenvalue weighted by Gasteiger charge is 2.07. The van der Waals surface area contributed by atoms with E-state index in [-0.39, 0.29) is 17.3 Å². The van der Waals surface area contributed by atoms with Crippen molar-refractivity contribution in [2.45, 2.75) is 11.4 Å². The number of carboxylic acid groups (broad SMARTS) is 2. The molecule has 1 aromatic heterocycles. The molecule has 0 amide bonds. The van der Waals surface area contributed by atoms with E-state index in [0.717, 1.165) is 11.8 Å². The summed E-state index contributed by atoms with van der Waals surface area (Å²) < 4.78 is 0. The maximum absolute atomic E-state index is 10.5. The number of halogens is 1. The average molecular weight is 262 g/mol. The van der Waals surface area contributed by atoms with E-state index in [1.54, 1.807) is 0 Å². The zero-order valence-electron chi connectivity index (χ0n) is 8.01. The first kappa shape index (κ1) is 12.8. The molecule has 0 saturated heterocycles. The Balaban J connectivity index is 2.80. The standard InChI is InChI=1S/C9H8ClNO4S/c10-6-1-5(3-8(12)13)2-7(11-6)16-4-9(14)15/h1-2H,3-4H2,(H,12,13)(H,14,15). The molecular formula is C9H8ClNO4S. The number of nitrogens with zero attached hydrogens (tertiary/aromatic N) is 1. The van der Waals surface area contributed by atoms with Crippen LogP contribution in [-0.2, 0) is 16.0 Å². The maximum Gasteiger partial charge on any atom is 0.313 e. The van der Waals surface area contributed by atoms with Crippen LogP contribution >= 0.6 is 23.4 Å². The Labute approximate surface area is 100 Å². The van der Waals surface area contributed by atoms with Crippen molar-refractivity contribution in [3.63, 3.8) is 0 Å². The number of rotatable bonds is 5. The third-order valence-electron chi connectivity index (χ3n) is 1.53. The average Bonchev–Trinajstić information content (AvgIpc) is 2.12. The summed E-state index contributed by atoms with van der Waals surface area (Å²) in [5.41, 5.74) is 0.500. The minimum absolute atomic E-state index is 0.139. The fourth-order valence-electron chi connectivity index (χ4n) is 1.01. The molecule has 0 bridgehead atoms. The van der Waals surface area contributed by atoms with Crippen LogP contribution in [0.15, 0.2) is 17.2 Å². The molecule has 0 atom stereocenters. The van der Waals surface area contributed by atoms with E-state index in [9.17, 15) is 9.59 Å². The van der Waals surface area contributed by atoms with Gasteiger partial charge in [0.25, 0.3) is 0 Å². The molecule has 16 heavy (non-hydrogen) atoms. The molecule has 0 radical (unpaired) electrons. The van der Waals surface area contributed by atoms with Crippen molar-refractivity contribution in [3.8, 4) is 0 Å². The van der Waals surface area contributed by atoms with Crippen LogP contribution in [0.3, 0.4) is 0 Å². The largest absolute Gasteiger partial charge is 0.481 e. The Hall–Kier alpha value is -1.27. The van der Waals surface area contributed by atoms with Gasteiger partial charge in [0.05, 0.1) is 17.2 Å². The Kier molecular flexibility index (Phi) is 4.57. The highest BCUT2D eigenvalue weighted by Crippen LogP contribution is 2.20. The minimum atomic E-state index is -0.976. The van der Waals surface area contributed by atoms with Gasteiger partial charge < -0.3 is 10.2 Å². The lowest BCUT2D eigenvalue weighted by Crippen LogP contribution is -2.02. The Bertz CT molecular complexity index is 424. The Morgan fingerprint density at radius 2 is 2.00 bits per heavy atom. The van der Waals surface area contributed by atoms with Gasteiger partial charge in [-0.2, -0.15) is 0 Å². The monoisotopic (exact) mass is 261 g/mol. The summed E-state index contributed by atoms with van der Waals surface area (Å²) in [6.07, 6.45) is -0.164. The first-order valence-corrected chi connectivity index (χ1v) is 5.56. The van der Waals surface area contributed by atoms with E-state index < -0.39 is 11.9 Å². The van der Waals surface area contributed by atoms with Gasteiger partial charge in [-0.1, -0.05) is 23.4 Å². The van der Waals surface area contributed by atoms with Crippen LogP contribution in [0, 0.1) is 0 Å². The molecule has 1 aromatic rings. The van der Waals surface area contributed by atoms with E-state index in [1.165, 1.54) is 12.1 Å². The molecule has 0 aliphatic rings. The molecule has 0 aliphatic heterocycles. The SMILES string of the molecule is O=C(O)CSc1cc(CC(=O)O)cc(Cl)n1. The molecule has 0 fully saturated rings. The first-order chi connectivity index (χ1) is 7.47. The number of thioether (sulfide) groups is 1. The van der Waals surface area contributed by atoms with E-state index in [1.807, 2.05) is 0 Å². The smallest absolute Gasteiger partial charge is 0.313 e. The van der Waals surface area contributed by atoms with Gasteiger partial charge in [0, 0.05) is 0 Å². The van der Waals surface area contributed by atoms with Crippen molar-refractivity contribution >= 4 is 35.3 Å². The number of aromatic nitrogens is 1. The Morgan fingerprint density at radius 3 is 2.56 bits per heavy atom. The summed E-state index contributed by atoms with van der Waals surface area (Å²) in [5.74, 6) is -2.08. The highest BCUT2D eigenvalue weighted by molar-refractivity contribution is 7.99. The molecule has 0 aliphatic carbocycles. The number of carbonyl (C=O) groups is 2. The Morgan fingerprint density at radius 1 is 1.31 bits per heavy atom. The molecule has 7 heteroatoms. The second kappa shape index (κ2) is 5.72. The summed E-state index contributed by atoms with van der Waals surface area (Å²) in [6, 6.07) is 2.97. The van der Waals surface area contributed by atoms with Crippen LogP contribution in [0.25, 0.3) is 0 Å². The minimum Gasteiger partial charge on any atom is -0.481 e.